The highest BCUT2D eigenvalue weighted by molar-refractivity contribution is 6.30. The van der Waals surface area contributed by atoms with Crippen molar-refractivity contribution in [2.75, 3.05) is 6.61 Å². The Morgan fingerprint density at radius 2 is 2.15 bits per heavy atom. The Morgan fingerprint density at radius 3 is 2.80 bits per heavy atom. The van der Waals surface area contributed by atoms with Crippen LogP contribution in [0, 0.1) is 0 Å². The van der Waals surface area contributed by atoms with E-state index in [0.29, 0.717) is 5.02 Å². The SMILES string of the molecule is CCOC(=O)c1ccoc1COC(=O)c1cc(Cl)c[nH]1. The summed E-state index contributed by atoms with van der Waals surface area (Å²) in [6, 6.07) is 2.91. The molecule has 0 aliphatic heterocycles. The van der Waals surface area contributed by atoms with Crippen molar-refractivity contribution in [1.82, 2.24) is 4.98 Å². The number of furan rings is 1. The fourth-order valence-electron chi connectivity index (χ4n) is 1.54. The molecular formula is C13H12ClNO5. The average molecular weight is 298 g/mol. The van der Waals surface area contributed by atoms with Gasteiger partial charge >= 0.3 is 11.9 Å². The van der Waals surface area contributed by atoms with Gasteiger partial charge in [-0.3, -0.25) is 0 Å². The van der Waals surface area contributed by atoms with E-state index in [0.717, 1.165) is 0 Å². The summed E-state index contributed by atoms with van der Waals surface area (Å²) in [4.78, 5) is 26.0. The van der Waals surface area contributed by atoms with Crippen molar-refractivity contribution in [2.24, 2.45) is 0 Å². The summed E-state index contributed by atoms with van der Waals surface area (Å²) in [5, 5.41) is 0.405. The Kier molecular flexibility index (Phi) is 4.47. The fraction of sp³-hybridized carbons (Fsp3) is 0.231. The van der Waals surface area contributed by atoms with Gasteiger partial charge in [0, 0.05) is 6.20 Å². The molecule has 0 unspecified atom stereocenters. The van der Waals surface area contributed by atoms with Gasteiger partial charge in [0.25, 0.3) is 0 Å². The first kappa shape index (κ1) is 14.2. The maximum absolute atomic E-state index is 11.7. The van der Waals surface area contributed by atoms with E-state index in [2.05, 4.69) is 4.98 Å². The number of aromatic amines is 1. The molecule has 7 heteroatoms. The molecule has 0 aromatic carbocycles. The van der Waals surface area contributed by atoms with Crippen molar-refractivity contribution in [3.8, 4) is 0 Å². The molecule has 0 saturated carbocycles. The standard InChI is InChI=1S/C13H12ClNO5/c1-2-18-12(16)9-3-4-19-11(9)7-20-13(17)10-5-8(14)6-15-10/h3-6,15H,2,7H2,1H3. The minimum absolute atomic E-state index is 0.170. The molecule has 106 valence electrons. The van der Waals surface area contributed by atoms with Gasteiger partial charge in [0.15, 0.2) is 12.4 Å². The lowest BCUT2D eigenvalue weighted by molar-refractivity contribution is 0.0418. The summed E-state index contributed by atoms with van der Waals surface area (Å²) in [5.74, 6) is -0.882. The minimum Gasteiger partial charge on any atom is -0.465 e. The zero-order valence-corrected chi connectivity index (χ0v) is 11.4. The number of nitrogens with one attached hydrogen (secondary N) is 1. The molecule has 0 fully saturated rings. The number of rotatable bonds is 5. The van der Waals surface area contributed by atoms with Gasteiger partial charge in [0.1, 0.15) is 11.3 Å². The van der Waals surface area contributed by atoms with E-state index >= 15 is 0 Å². The van der Waals surface area contributed by atoms with E-state index in [1.807, 2.05) is 0 Å². The molecule has 2 rings (SSSR count). The van der Waals surface area contributed by atoms with E-state index in [1.165, 1.54) is 24.6 Å². The zero-order valence-electron chi connectivity index (χ0n) is 10.6. The largest absolute Gasteiger partial charge is 0.465 e. The number of halogens is 1. The summed E-state index contributed by atoms with van der Waals surface area (Å²) >= 11 is 5.69. The zero-order chi connectivity index (χ0) is 14.5. The first-order chi connectivity index (χ1) is 9.61. The van der Waals surface area contributed by atoms with Gasteiger partial charge in [0.2, 0.25) is 0 Å². The van der Waals surface area contributed by atoms with Gasteiger partial charge in [0.05, 0.1) is 17.9 Å². The smallest absolute Gasteiger partial charge is 0.355 e. The van der Waals surface area contributed by atoms with Crippen LogP contribution in [0.5, 0.6) is 0 Å². The summed E-state index contributed by atoms with van der Waals surface area (Å²) in [6.07, 6.45) is 2.80. The molecule has 2 aromatic heterocycles. The molecule has 2 aromatic rings. The van der Waals surface area contributed by atoms with Gasteiger partial charge in [-0.25, -0.2) is 9.59 Å². The number of hydrogen-bond donors (Lipinski definition) is 1. The van der Waals surface area contributed by atoms with Crippen LogP contribution in [0.15, 0.2) is 29.0 Å². The number of hydrogen-bond acceptors (Lipinski definition) is 5. The van der Waals surface area contributed by atoms with Gasteiger partial charge in [-0.15, -0.1) is 0 Å². The van der Waals surface area contributed by atoms with Crippen molar-refractivity contribution < 1.29 is 23.5 Å². The van der Waals surface area contributed by atoms with Crippen molar-refractivity contribution >= 4 is 23.5 Å². The van der Waals surface area contributed by atoms with Crippen LogP contribution in [-0.4, -0.2) is 23.5 Å². The predicted octanol–water partition coefficient (Wildman–Crippen LogP) is 2.79. The van der Waals surface area contributed by atoms with E-state index in [4.69, 9.17) is 25.5 Å². The second-order valence-electron chi connectivity index (χ2n) is 3.79. The lowest BCUT2D eigenvalue weighted by Gasteiger charge is -2.04. The van der Waals surface area contributed by atoms with Crippen molar-refractivity contribution in [2.45, 2.75) is 13.5 Å². The van der Waals surface area contributed by atoms with Gasteiger partial charge in [-0.2, -0.15) is 0 Å². The molecule has 2 heterocycles. The lowest BCUT2D eigenvalue weighted by atomic mass is 10.2. The quantitative estimate of drug-likeness (QED) is 0.858. The van der Waals surface area contributed by atoms with Crippen LogP contribution in [0.3, 0.4) is 0 Å². The Hall–Kier alpha value is -2.21. The van der Waals surface area contributed by atoms with Crippen LogP contribution in [0.1, 0.15) is 33.5 Å². The van der Waals surface area contributed by atoms with Crippen LogP contribution in [0.25, 0.3) is 0 Å². The van der Waals surface area contributed by atoms with Crippen LogP contribution >= 0.6 is 11.6 Å². The fourth-order valence-corrected chi connectivity index (χ4v) is 1.70. The third kappa shape index (κ3) is 3.21. The summed E-state index contributed by atoms with van der Waals surface area (Å²) in [6.45, 7) is 1.79. The molecular weight excluding hydrogens is 286 g/mol. The van der Waals surface area contributed by atoms with E-state index < -0.39 is 11.9 Å². The second-order valence-corrected chi connectivity index (χ2v) is 4.22. The van der Waals surface area contributed by atoms with Gasteiger partial charge in [-0.1, -0.05) is 11.6 Å². The Balaban J connectivity index is 1.99. The van der Waals surface area contributed by atoms with Gasteiger partial charge in [-0.05, 0) is 19.1 Å². The average Bonchev–Trinajstić information content (AvgIpc) is 3.04. The summed E-state index contributed by atoms with van der Waals surface area (Å²) < 4.78 is 15.0. The number of esters is 2. The normalized spacial score (nSPS) is 10.3. The molecule has 20 heavy (non-hydrogen) atoms. The van der Waals surface area contributed by atoms with E-state index in [1.54, 1.807) is 6.92 Å². The number of carbonyl (C=O) groups is 2. The molecule has 0 aliphatic carbocycles. The molecule has 0 aliphatic rings. The Labute approximate surface area is 119 Å². The molecule has 1 N–H and O–H groups in total. The van der Waals surface area contributed by atoms with Gasteiger partial charge < -0.3 is 18.9 Å². The molecule has 0 spiro atoms. The predicted molar refractivity (Wildman–Crippen MR) is 69.6 cm³/mol. The Bertz CT molecular complexity index is 616. The third-order valence-electron chi connectivity index (χ3n) is 2.44. The summed E-state index contributed by atoms with van der Waals surface area (Å²) in [7, 11) is 0. The topological polar surface area (TPSA) is 81.5 Å². The lowest BCUT2D eigenvalue weighted by Crippen LogP contribution is -2.09. The molecule has 0 saturated heterocycles. The van der Waals surface area contributed by atoms with Crippen LogP contribution in [0.2, 0.25) is 5.02 Å². The molecule has 6 nitrogen and oxygen atoms in total. The minimum atomic E-state index is -0.594. The maximum atomic E-state index is 11.7. The highest BCUT2D eigenvalue weighted by Crippen LogP contribution is 2.15. The third-order valence-corrected chi connectivity index (χ3v) is 2.66. The van der Waals surface area contributed by atoms with Crippen molar-refractivity contribution in [1.29, 1.82) is 0 Å². The van der Waals surface area contributed by atoms with Crippen LogP contribution in [0.4, 0.5) is 0 Å². The van der Waals surface area contributed by atoms with E-state index in [-0.39, 0.29) is 30.2 Å². The monoisotopic (exact) mass is 297 g/mol. The highest BCUT2D eigenvalue weighted by atomic mass is 35.5. The number of aromatic nitrogens is 1. The van der Waals surface area contributed by atoms with Crippen molar-refractivity contribution in [3.63, 3.8) is 0 Å². The number of carbonyl (C=O) groups excluding carboxylic acids is 2. The first-order valence-corrected chi connectivity index (χ1v) is 6.24. The highest BCUT2D eigenvalue weighted by Gasteiger charge is 2.18. The molecule has 0 amide bonds. The van der Waals surface area contributed by atoms with Crippen LogP contribution in [-0.2, 0) is 16.1 Å². The van der Waals surface area contributed by atoms with E-state index in [9.17, 15) is 9.59 Å². The number of ether oxygens (including phenoxy) is 2. The maximum Gasteiger partial charge on any atom is 0.355 e. The second kappa shape index (κ2) is 6.29. The Morgan fingerprint density at radius 1 is 1.35 bits per heavy atom. The molecule has 0 bridgehead atoms. The van der Waals surface area contributed by atoms with Crippen LogP contribution < -0.4 is 0 Å². The molecule has 0 radical (unpaired) electrons. The summed E-state index contributed by atoms with van der Waals surface area (Å²) in [5.41, 5.74) is 0.461. The van der Waals surface area contributed by atoms with Crippen molar-refractivity contribution in [3.05, 3.63) is 46.6 Å². The number of H-pyrrole nitrogens is 1. The first-order valence-electron chi connectivity index (χ1n) is 5.86. The molecule has 0 atom stereocenters.